The monoisotopic (exact) mass is 242 g/mol. The maximum absolute atomic E-state index is 12.2. The molecular formula is C14H26O3. The maximum Gasteiger partial charge on any atom is 0.306 e. The van der Waals surface area contributed by atoms with E-state index in [9.17, 15) is 9.59 Å². The van der Waals surface area contributed by atoms with Crippen molar-refractivity contribution in [2.24, 2.45) is 23.7 Å². The van der Waals surface area contributed by atoms with Crippen LogP contribution in [0.2, 0.25) is 0 Å². The molecule has 0 spiro atoms. The molecule has 0 aromatic rings. The molecule has 0 aliphatic carbocycles. The number of carbonyl (C=O) groups excluding carboxylic acids is 1. The topological polar surface area (TPSA) is 54.4 Å². The molecule has 3 heteroatoms. The first-order chi connectivity index (χ1) is 7.79. The van der Waals surface area contributed by atoms with E-state index in [2.05, 4.69) is 13.8 Å². The van der Waals surface area contributed by atoms with Crippen LogP contribution in [0.15, 0.2) is 0 Å². The third-order valence-corrected chi connectivity index (χ3v) is 3.27. The normalized spacial score (nSPS) is 16.6. The van der Waals surface area contributed by atoms with Gasteiger partial charge in [0.15, 0.2) is 0 Å². The highest BCUT2D eigenvalue weighted by atomic mass is 16.4. The Morgan fingerprint density at radius 3 is 1.88 bits per heavy atom. The summed E-state index contributed by atoms with van der Waals surface area (Å²) in [6, 6.07) is 0. The van der Waals surface area contributed by atoms with E-state index in [0.29, 0.717) is 12.3 Å². The van der Waals surface area contributed by atoms with E-state index in [1.54, 1.807) is 6.92 Å². The van der Waals surface area contributed by atoms with E-state index in [1.807, 2.05) is 13.8 Å². The van der Waals surface area contributed by atoms with E-state index in [0.717, 1.165) is 12.8 Å². The van der Waals surface area contributed by atoms with E-state index in [4.69, 9.17) is 5.11 Å². The Bertz CT molecular complexity index is 258. The Kier molecular flexibility index (Phi) is 7.09. The minimum Gasteiger partial charge on any atom is -0.481 e. The zero-order valence-electron chi connectivity index (χ0n) is 11.7. The van der Waals surface area contributed by atoms with Gasteiger partial charge in [-0.05, 0) is 25.2 Å². The largest absolute Gasteiger partial charge is 0.481 e. The Labute approximate surface area is 105 Å². The van der Waals surface area contributed by atoms with E-state index < -0.39 is 11.9 Å². The van der Waals surface area contributed by atoms with Crippen LogP contribution in [-0.4, -0.2) is 16.9 Å². The van der Waals surface area contributed by atoms with Crippen LogP contribution in [0.5, 0.6) is 0 Å². The quantitative estimate of drug-likeness (QED) is 0.710. The summed E-state index contributed by atoms with van der Waals surface area (Å²) in [5, 5.41) is 8.88. The summed E-state index contributed by atoms with van der Waals surface area (Å²) in [4.78, 5) is 23.0. The number of hydrogen-bond donors (Lipinski definition) is 1. The van der Waals surface area contributed by atoms with Crippen molar-refractivity contribution >= 4 is 11.8 Å². The number of carboxylic acids is 1. The highest BCUT2D eigenvalue weighted by Gasteiger charge is 2.26. The van der Waals surface area contributed by atoms with Crippen LogP contribution in [0.4, 0.5) is 0 Å². The van der Waals surface area contributed by atoms with E-state index >= 15 is 0 Å². The van der Waals surface area contributed by atoms with Gasteiger partial charge in [0.25, 0.3) is 0 Å². The summed E-state index contributed by atoms with van der Waals surface area (Å²) in [5.74, 6) is -0.573. The molecule has 100 valence electrons. The molecule has 0 aliphatic rings. The summed E-state index contributed by atoms with van der Waals surface area (Å²) >= 11 is 0. The lowest BCUT2D eigenvalue weighted by molar-refractivity contribution is -0.142. The number of Topliss-reactive ketones (excluding diaryl/α,β-unsaturated/α-hetero) is 1. The molecule has 3 unspecified atom stereocenters. The zero-order valence-corrected chi connectivity index (χ0v) is 11.7. The summed E-state index contributed by atoms with van der Waals surface area (Å²) in [6.45, 7) is 9.79. The lowest BCUT2D eigenvalue weighted by Gasteiger charge is -2.21. The Hall–Kier alpha value is -0.860. The molecule has 0 bridgehead atoms. The average molecular weight is 242 g/mol. The van der Waals surface area contributed by atoms with Gasteiger partial charge in [-0.1, -0.05) is 34.6 Å². The molecule has 0 saturated heterocycles. The molecule has 0 aromatic heterocycles. The molecule has 1 N–H and O–H groups in total. The second kappa shape index (κ2) is 7.46. The molecule has 17 heavy (non-hydrogen) atoms. The predicted octanol–water partition coefficient (Wildman–Crippen LogP) is 3.37. The first kappa shape index (κ1) is 16.1. The van der Waals surface area contributed by atoms with Crippen LogP contribution >= 0.6 is 0 Å². The van der Waals surface area contributed by atoms with Gasteiger partial charge in [0.1, 0.15) is 5.78 Å². The van der Waals surface area contributed by atoms with Gasteiger partial charge >= 0.3 is 5.97 Å². The number of aliphatic carboxylic acids is 1. The van der Waals surface area contributed by atoms with Gasteiger partial charge in [-0.2, -0.15) is 0 Å². The van der Waals surface area contributed by atoms with Gasteiger partial charge in [0.05, 0.1) is 5.92 Å². The highest BCUT2D eigenvalue weighted by molar-refractivity contribution is 5.83. The molecular weight excluding hydrogens is 216 g/mol. The fourth-order valence-electron chi connectivity index (χ4n) is 2.24. The summed E-state index contributed by atoms with van der Waals surface area (Å²) in [6.07, 6.45) is 2.09. The summed E-state index contributed by atoms with van der Waals surface area (Å²) in [5.41, 5.74) is 0. The second-order valence-electron chi connectivity index (χ2n) is 5.51. The van der Waals surface area contributed by atoms with E-state index in [1.165, 1.54) is 0 Å². The maximum atomic E-state index is 12.2. The fourth-order valence-corrected chi connectivity index (χ4v) is 2.24. The van der Waals surface area contributed by atoms with Gasteiger partial charge in [-0.25, -0.2) is 0 Å². The molecule has 0 saturated carbocycles. The second-order valence-corrected chi connectivity index (χ2v) is 5.51. The van der Waals surface area contributed by atoms with Crippen LogP contribution in [0.25, 0.3) is 0 Å². The molecule has 0 amide bonds. The number of carboxylic acid groups (broad SMARTS) is 1. The van der Waals surface area contributed by atoms with Gasteiger partial charge in [-0.15, -0.1) is 0 Å². The molecule has 0 heterocycles. The minimum atomic E-state index is -0.812. The van der Waals surface area contributed by atoms with Gasteiger partial charge in [0, 0.05) is 11.8 Å². The molecule has 0 aliphatic heterocycles. The van der Waals surface area contributed by atoms with Crippen LogP contribution in [0.1, 0.15) is 53.9 Å². The predicted molar refractivity (Wildman–Crippen MR) is 68.8 cm³/mol. The van der Waals surface area contributed by atoms with Crippen molar-refractivity contribution in [2.75, 3.05) is 0 Å². The molecule has 0 fully saturated rings. The van der Waals surface area contributed by atoms with E-state index in [-0.39, 0.29) is 17.6 Å². The van der Waals surface area contributed by atoms with Crippen molar-refractivity contribution in [1.82, 2.24) is 0 Å². The first-order valence-electron chi connectivity index (χ1n) is 6.56. The summed E-state index contributed by atoms with van der Waals surface area (Å²) < 4.78 is 0. The third kappa shape index (κ3) is 5.85. The van der Waals surface area contributed by atoms with Crippen molar-refractivity contribution in [3.05, 3.63) is 0 Å². The standard InChI is InChI=1S/C14H26O3/c1-6-12(8-11(5)14(16)17)13(15)10(4)7-9(2)3/h9-12H,6-8H2,1-5H3,(H,16,17). The van der Waals surface area contributed by atoms with Crippen molar-refractivity contribution in [2.45, 2.75) is 53.9 Å². The smallest absolute Gasteiger partial charge is 0.306 e. The van der Waals surface area contributed by atoms with Crippen molar-refractivity contribution in [3.63, 3.8) is 0 Å². The lowest BCUT2D eigenvalue weighted by atomic mass is 9.82. The number of rotatable bonds is 8. The SMILES string of the molecule is CCC(CC(C)C(=O)O)C(=O)C(C)CC(C)C. The molecule has 3 nitrogen and oxygen atoms in total. The first-order valence-corrected chi connectivity index (χ1v) is 6.56. The van der Waals surface area contributed by atoms with Crippen LogP contribution in [0, 0.1) is 23.7 Å². The van der Waals surface area contributed by atoms with Crippen LogP contribution in [0.3, 0.4) is 0 Å². The Balaban J connectivity index is 4.44. The van der Waals surface area contributed by atoms with Gasteiger partial charge in [0.2, 0.25) is 0 Å². The van der Waals surface area contributed by atoms with Crippen molar-refractivity contribution in [1.29, 1.82) is 0 Å². The molecule has 0 aromatic carbocycles. The minimum absolute atomic E-state index is 0.0425. The van der Waals surface area contributed by atoms with Crippen LogP contribution in [-0.2, 0) is 9.59 Å². The highest BCUT2D eigenvalue weighted by Crippen LogP contribution is 2.23. The van der Waals surface area contributed by atoms with Gasteiger partial charge < -0.3 is 5.11 Å². The third-order valence-electron chi connectivity index (χ3n) is 3.27. The lowest BCUT2D eigenvalue weighted by Crippen LogP contribution is -2.26. The van der Waals surface area contributed by atoms with Crippen molar-refractivity contribution in [3.8, 4) is 0 Å². The Morgan fingerprint density at radius 2 is 1.53 bits per heavy atom. The zero-order chi connectivity index (χ0) is 13.6. The Morgan fingerprint density at radius 1 is 1.00 bits per heavy atom. The average Bonchev–Trinajstić information content (AvgIpc) is 2.23. The molecule has 0 rings (SSSR count). The van der Waals surface area contributed by atoms with Gasteiger partial charge in [-0.3, -0.25) is 9.59 Å². The summed E-state index contributed by atoms with van der Waals surface area (Å²) in [7, 11) is 0. The number of hydrogen-bond acceptors (Lipinski definition) is 2. The molecule has 0 radical (unpaired) electrons. The fraction of sp³-hybridized carbons (Fsp3) is 0.857. The number of carbonyl (C=O) groups is 2. The van der Waals surface area contributed by atoms with Crippen molar-refractivity contribution < 1.29 is 14.7 Å². The molecule has 3 atom stereocenters. The number of ketones is 1. The van der Waals surface area contributed by atoms with Crippen LogP contribution < -0.4 is 0 Å².